The number of imidazole rings is 1. The molecule has 0 unspecified atom stereocenters. The van der Waals surface area contributed by atoms with Crippen LogP contribution in [0.4, 0.5) is 30.2 Å². The fourth-order valence-corrected chi connectivity index (χ4v) is 3.88. The van der Waals surface area contributed by atoms with Gasteiger partial charge in [-0.2, -0.15) is 0 Å². The predicted octanol–water partition coefficient (Wildman–Crippen LogP) is 3.10. The van der Waals surface area contributed by atoms with Gasteiger partial charge in [0.25, 0.3) is 11.8 Å². The summed E-state index contributed by atoms with van der Waals surface area (Å²) in [4.78, 5) is 23.1. The lowest BCUT2D eigenvalue weighted by atomic mass is 10.0. The molecule has 34 heavy (non-hydrogen) atoms. The molecule has 4 rings (SSSR count). The van der Waals surface area contributed by atoms with Crippen LogP contribution in [0.25, 0.3) is 5.65 Å². The molecule has 3 heterocycles. The monoisotopic (exact) mass is 473 g/mol. The van der Waals surface area contributed by atoms with Gasteiger partial charge in [-0.3, -0.25) is 9.79 Å². The van der Waals surface area contributed by atoms with Crippen LogP contribution in [-0.2, 0) is 0 Å². The molecule has 1 aromatic carbocycles. The third kappa shape index (κ3) is 5.14. The van der Waals surface area contributed by atoms with E-state index in [-0.39, 0.29) is 22.6 Å². The number of aliphatic imine (C=N–C) groups is 1. The highest BCUT2D eigenvalue weighted by molar-refractivity contribution is 6.11. The lowest BCUT2D eigenvalue weighted by molar-refractivity contribution is 0.0328. The lowest BCUT2D eigenvalue weighted by Crippen LogP contribution is -2.44. The van der Waals surface area contributed by atoms with E-state index in [1.54, 1.807) is 31.5 Å². The maximum atomic E-state index is 14.4. The topological polar surface area (TPSA) is 100 Å². The molecule has 0 saturated carbocycles. The van der Waals surface area contributed by atoms with E-state index < -0.39 is 24.2 Å². The molecular weight excluding hydrogens is 447 g/mol. The van der Waals surface area contributed by atoms with Crippen LogP contribution < -0.4 is 21.3 Å². The number of carbonyl (C=O) groups excluding carboxylic acids is 1. The molecule has 1 fully saturated rings. The summed E-state index contributed by atoms with van der Waals surface area (Å²) < 4.78 is 42.5. The Hall–Kier alpha value is -3.60. The number of aromatic nitrogens is 2. The molecule has 0 bridgehead atoms. The predicted molar refractivity (Wildman–Crippen MR) is 127 cm³/mol. The van der Waals surface area contributed by atoms with E-state index >= 15 is 0 Å². The van der Waals surface area contributed by atoms with Crippen molar-refractivity contribution < 1.29 is 18.0 Å². The van der Waals surface area contributed by atoms with Gasteiger partial charge in [-0.25, -0.2) is 18.2 Å². The number of anilines is 3. The van der Waals surface area contributed by atoms with Gasteiger partial charge in [-0.1, -0.05) is 0 Å². The number of aryl methyl sites for hydroxylation is 1. The highest BCUT2D eigenvalue weighted by Gasteiger charge is 2.22. The quantitative estimate of drug-likeness (QED) is 0.377. The summed E-state index contributed by atoms with van der Waals surface area (Å²) in [6, 6.07) is 4.48. The molecule has 180 valence electrons. The highest BCUT2D eigenvalue weighted by atomic mass is 19.3. The molecule has 4 N–H and O–H groups in total. The van der Waals surface area contributed by atoms with Crippen LogP contribution >= 0.6 is 0 Å². The molecule has 0 aliphatic carbocycles. The van der Waals surface area contributed by atoms with Gasteiger partial charge in [0.2, 0.25) is 0 Å². The minimum absolute atomic E-state index is 0.108. The van der Waals surface area contributed by atoms with Gasteiger partial charge < -0.3 is 25.7 Å². The van der Waals surface area contributed by atoms with E-state index in [4.69, 9.17) is 5.73 Å². The van der Waals surface area contributed by atoms with Gasteiger partial charge in [0.05, 0.1) is 22.6 Å². The number of nitrogens with two attached hydrogens (primary N) is 1. The van der Waals surface area contributed by atoms with E-state index in [2.05, 4.69) is 25.5 Å². The Balaban J connectivity index is 1.67. The van der Waals surface area contributed by atoms with Crippen LogP contribution in [0.15, 0.2) is 35.6 Å². The molecular formula is C23H26F3N7O. The number of amides is 1. The number of hydrogen-bond donors (Lipinski definition) is 3. The molecule has 8 nitrogen and oxygen atoms in total. The van der Waals surface area contributed by atoms with Crippen molar-refractivity contribution in [1.82, 2.24) is 14.7 Å². The Morgan fingerprint density at radius 3 is 2.76 bits per heavy atom. The third-order valence-corrected chi connectivity index (χ3v) is 5.44. The Kier molecular flexibility index (Phi) is 6.47. The fourth-order valence-electron chi connectivity index (χ4n) is 3.88. The zero-order chi connectivity index (χ0) is 24.5. The van der Waals surface area contributed by atoms with Crippen molar-refractivity contribution in [3.05, 3.63) is 53.2 Å². The molecule has 1 aliphatic rings. The Morgan fingerprint density at radius 1 is 1.32 bits per heavy atom. The number of fused-ring (bicyclic) bond motifs is 1. The first-order chi connectivity index (χ1) is 16.1. The second-order valence-electron chi connectivity index (χ2n) is 8.38. The first kappa shape index (κ1) is 23.6. The van der Waals surface area contributed by atoms with E-state index in [9.17, 15) is 18.0 Å². The molecule has 0 radical (unpaired) electrons. The van der Waals surface area contributed by atoms with Crippen molar-refractivity contribution in [2.45, 2.75) is 19.8 Å². The second kappa shape index (κ2) is 9.34. The van der Waals surface area contributed by atoms with Gasteiger partial charge in [0, 0.05) is 69.0 Å². The highest BCUT2D eigenvalue weighted by Crippen LogP contribution is 2.29. The van der Waals surface area contributed by atoms with Crippen molar-refractivity contribution in [2.24, 2.45) is 4.99 Å². The van der Waals surface area contributed by atoms with Crippen LogP contribution in [0.2, 0.25) is 0 Å². The number of pyridine rings is 1. The Morgan fingerprint density at radius 2 is 2.06 bits per heavy atom. The molecule has 3 aromatic rings. The van der Waals surface area contributed by atoms with Gasteiger partial charge in [-0.05, 0) is 19.1 Å². The van der Waals surface area contributed by atoms with Crippen molar-refractivity contribution in [3.8, 4) is 0 Å². The number of nitrogen functional groups attached to an aromatic ring is 1. The van der Waals surface area contributed by atoms with Crippen LogP contribution in [0.3, 0.4) is 0 Å². The average molecular weight is 474 g/mol. The average Bonchev–Trinajstić information content (AvgIpc) is 3.15. The number of hydrogen-bond acceptors (Lipinski definition) is 6. The first-order valence-corrected chi connectivity index (χ1v) is 10.8. The summed E-state index contributed by atoms with van der Waals surface area (Å²) >= 11 is 0. The van der Waals surface area contributed by atoms with Gasteiger partial charge >= 0.3 is 0 Å². The van der Waals surface area contributed by atoms with E-state index in [0.29, 0.717) is 30.0 Å². The molecule has 2 aromatic heterocycles. The van der Waals surface area contributed by atoms with Crippen molar-refractivity contribution >= 4 is 34.8 Å². The number of nitrogens with zero attached hydrogens (tertiary/aromatic N) is 4. The minimum Gasteiger partial charge on any atom is -0.397 e. The molecule has 11 heteroatoms. The number of rotatable bonds is 6. The van der Waals surface area contributed by atoms with Crippen LogP contribution in [-0.4, -0.2) is 60.2 Å². The standard InChI is InChI=1S/C23H26F3N7O/c1-14-11-33-12-15(9-18(24)21(33)30-14)31-22(34)16-3-4-19(32-7-5-28-6-8-32)17(20(16)27)10-29-13-23(2,25)26/h3-4,9-12,28H,5-8,13,27H2,1-2H3,(H,31,34). The summed E-state index contributed by atoms with van der Waals surface area (Å²) in [5.41, 5.74) is 8.70. The SMILES string of the molecule is Cc1cn2cc(NC(=O)c3ccc(N4CCNCC4)c(C=NCC(C)(F)F)c3N)cc(F)c2n1. The van der Waals surface area contributed by atoms with Crippen LogP contribution in [0.5, 0.6) is 0 Å². The maximum Gasteiger partial charge on any atom is 0.264 e. The number of alkyl halides is 2. The van der Waals surface area contributed by atoms with Gasteiger partial charge in [0.15, 0.2) is 11.5 Å². The van der Waals surface area contributed by atoms with Gasteiger partial charge in [0.1, 0.15) is 6.54 Å². The number of nitrogens with one attached hydrogen (secondary N) is 2. The molecule has 1 saturated heterocycles. The number of piperazine rings is 1. The Bertz CT molecular complexity index is 1240. The van der Waals surface area contributed by atoms with E-state index in [1.165, 1.54) is 16.7 Å². The summed E-state index contributed by atoms with van der Waals surface area (Å²) in [7, 11) is 0. The Labute approximate surface area is 194 Å². The van der Waals surface area contributed by atoms with Crippen molar-refractivity contribution in [3.63, 3.8) is 0 Å². The number of halogens is 3. The third-order valence-electron chi connectivity index (χ3n) is 5.44. The van der Waals surface area contributed by atoms with Crippen LogP contribution in [0.1, 0.15) is 28.5 Å². The van der Waals surface area contributed by atoms with E-state index in [0.717, 1.165) is 20.0 Å². The van der Waals surface area contributed by atoms with Crippen molar-refractivity contribution in [1.29, 1.82) is 0 Å². The summed E-state index contributed by atoms with van der Waals surface area (Å²) in [5, 5.41) is 5.90. The zero-order valence-electron chi connectivity index (χ0n) is 18.9. The van der Waals surface area contributed by atoms with Crippen molar-refractivity contribution in [2.75, 3.05) is 48.7 Å². The summed E-state index contributed by atoms with van der Waals surface area (Å²) in [6.07, 6.45) is 4.48. The smallest absolute Gasteiger partial charge is 0.264 e. The fraction of sp³-hybridized carbons (Fsp3) is 0.348. The maximum absolute atomic E-state index is 14.4. The molecule has 1 amide bonds. The second-order valence-corrected chi connectivity index (χ2v) is 8.38. The lowest BCUT2D eigenvalue weighted by Gasteiger charge is -2.31. The molecule has 1 aliphatic heterocycles. The number of benzene rings is 1. The normalized spacial score (nSPS) is 14.8. The summed E-state index contributed by atoms with van der Waals surface area (Å²) in [6.45, 7) is 4.72. The van der Waals surface area contributed by atoms with Gasteiger partial charge in [-0.15, -0.1) is 0 Å². The van der Waals surface area contributed by atoms with Crippen LogP contribution in [0, 0.1) is 12.7 Å². The van der Waals surface area contributed by atoms with E-state index in [1.807, 2.05) is 0 Å². The largest absolute Gasteiger partial charge is 0.397 e. The molecule has 0 atom stereocenters. The zero-order valence-corrected chi connectivity index (χ0v) is 18.9. The number of carbonyl (C=O) groups is 1. The summed E-state index contributed by atoms with van der Waals surface area (Å²) in [5.74, 6) is -4.11. The minimum atomic E-state index is -2.97. The molecule has 0 spiro atoms. The first-order valence-electron chi connectivity index (χ1n) is 10.8.